The second kappa shape index (κ2) is 8.13. The van der Waals surface area contributed by atoms with E-state index in [2.05, 4.69) is 9.97 Å². The predicted molar refractivity (Wildman–Crippen MR) is 91.8 cm³/mol. The Balaban J connectivity index is 1.74. The third kappa shape index (κ3) is 5.99. The summed E-state index contributed by atoms with van der Waals surface area (Å²) in [5.41, 5.74) is -1.40. The van der Waals surface area contributed by atoms with Crippen molar-refractivity contribution in [1.29, 1.82) is 0 Å². The van der Waals surface area contributed by atoms with E-state index in [4.69, 9.17) is 14.2 Å². The lowest BCUT2D eigenvalue weighted by molar-refractivity contribution is -0.0755. The molecule has 0 amide bonds. The number of ether oxygens (including phenoxy) is 3. The van der Waals surface area contributed by atoms with Gasteiger partial charge in [0.25, 0.3) is 0 Å². The van der Waals surface area contributed by atoms with Gasteiger partial charge in [0.15, 0.2) is 0 Å². The Morgan fingerprint density at radius 3 is 2.04 bits per heavy atom. The number of aromatic nitrogens is 4. The lowest BCUT2D eigenvalue weighted by Crippen LogP contribution is -2.36. The molecule has 26 heavy (non-hydrogen) atoms. The molecule has 0 atom stereocenters. The Bertz CT molecular complexity index is 708. The third-order valence-corrected chi connectivity index (χ3v) is 3.53. The highest BCUT2D eigenvalue weighted by atomic mass is 16.6. The minimum Gasteiger partial charge on any atom is -0.446 e. The normalized spacial score (nSPS) is 12.0. The van der Waals surface area contributed by atoms with Crippen LogP contribution in [0, 0.1) is 0 Å². The molecular weight excluding hydrogens is 340 g/mol. The highest BCUT2D eigenvalue weighted by Crippen LogP contribution is 2.18. The summed E-state index contributed by atoms with van der Waals surface area (Å²) < 4.78 is 19.0. The van der Waals surface area contributed by atoms with Gasteiger partial charge in [0.1, 0.15) is 24.9 Å². The van der Waals surface area contributed by atoms with Crippen molar-refractivity contribution in [1.82, 2.24) is 19.1 Å². The van der Waals surface area contributed by atoms with Crippen LogP contribution in [-0.4, -0.2) is 55.7 Å². The molecule has 9 nitrogen and oxygen atoms in total. The van der Waals surface area contributed by atoms with Gasteiger partial charge in [0, 0.05) is 31.2 Å². The first kappa shape index (κ1) is 19.6. The first-order valence-electron chi connectivity index (χ1n) is 8.19. The predicted octanol–water partition coefficient (Wildman–Crippen LogP) is 2.71. The molecule has 0 bridgehead atoms. The van der Waals surface area contributed by atoms with E-state index in [1.165, 1.54) is 46.6 Å². The number of hydrogen-bond donors (Lipinski definition) is 0. The summed E-state index contributed by atoms with van der Waals surface area (Å²) in [7, 11) is 0. The topological polar surface area (TPSA) is 97.5 Å². The molecule has 2 heterocycles. The average molecular weight is 364 g/mol. The standard InChI is InChI=1S/C17H24N4O5/c1-16(2,26-15(23)21-9-7-19-13-21)5-10-25-17(3,4)11-24-14(22)20-8-6-18-12-20/h6-9,12-13H,5,10-11H2,1-4H3. The van der Waals surface area contributed by atoms with Crippen LogP contribution in [0.25, 0.3) is 0 Å². The largest absolute Gasteiger partial charge is 0.446 e. The van der Waals surface area contributed by atoms with Crippen LogP contribution in [0.15, 0.2) is 37.4 Å². The number of rotatable bonds is 7. The summed E-state index contributed by atoms with van der Waals surface area (Å²) >= 11 is 0. The summed E-state index contributed by atoms with van der Waals surface area (Å²) in [6.45, 7) is 7.66. The van der Waals surface area contributed by atoms with Crippen LogP contribution in [0.3, 0.4) is 0 Å². The fourth-order valence-electron chi connectivity index (χ4n) is 2.00. The van der Waals surface area contributed by atoms with Crippen LogP contribution in [0.4, 0.5) is 9.59 Å². The van der Waals surface area contributed by atoms with Crippen molar-refractivity contribution in [2.75, 3.05) is 13.2 Å². The Hall–Kier alpha value is -2.68. The molecule has 0 aliphatic rings. The van der Waals surface area contributed by atoms with E-state index >= 15 is 0 Å². The number of imidazole rings is 2. The van der Waals surface area contributed by atoms with Gasteiger partial charge in [-0.25, -0.2) is 28.7 Å². The minimum absolute atomic E-state index is 0.0826. The van der Waals surface area contributed by atoms with Crippen molar-refractivity contribution in [3.63, 3.8) is 0 Å². The first-order valence-corrected chi connectivity index (χ1v) is 8.19. The van der Waals surface area contributed by atoms with Gasteiger partial charge < -0.3 is 14.2 Å². The quantitative estimate of drug-likeness (QED) is 0.745. The summed E-state index contributed by atoms with van der Waals surface area (Å²) in [6.07, 6.45) is 8.24. The van der Waals surface area contributed by atoms with Gasteiger partial charge in [-0.3, -0.25) is 0 Å². The monoisotopic (exact) mass is 364 g/mol. The molecule has 0 saturated heterocycles. The molecule has 2 aromatic heterocycles. The molecule has 0 spiro atoms. The van der Waals surface area contributed by atoms with Crippen molar-refractivity contribution < 1.29 is 23.8 Å². The van der Waals surface area contributed by atoms with Gasteiger partial charge in [0.2, 0.25) is 0 Å². The van der Waals surface area contributed by atoms with Gasteiger partial charge in [-0.15, -0.1) is 0 Å². The van der Waals surface area contributed by atoms with Crippen LogP contribution in [0.1, 0.15) is 34.1 Å². The molecule has 9 heteroatoms. The molecule has 0 unspecified atom stereocenters. The van der Waals surface area contributed by atoms with Gasteiger partial charge in [-0.1, -0.05) is 0 Å². The van der Waals surface area contributed by atoms with E-state index in [1.807, 2.05) is 13.8 Å². The summed E-state index contributed by atoms with van der Waals surface area (Å²) in [6, 6.07) is 0. The van der Waals surface area contributed by atoms with Crippen molar-refractivity contribution in [3.8, 4) is 0 Å². The van der Waals surface area contributed by atoms with Crippen LogP contribution in [-0.2, 0) is 14.2 Å². The fraction of sp³-hybridized carbons (Fsp3) is 0.529. The average Bonchev–Trinajstić information content (AvgIpc) is 3.24. The molecule has 142 valence electrons. The Labute approximate surface area is 151 Å². The van der Waals surface area contributed by atoms with Crippen LogP contribution < -0.4 is 0 Å². The van der Waals surface area contributed by atoms with Crippen molar-refractivity contribution in [3.05, 3.63) is 37.4 Å². The Kier molecular flexibility index (Phi) is 6.14. The van der Waals surface area contributed by atoms with Crippen molar-refractivity contribution in [2.45, 2.75) is 45.3 Å². The van der Waals surface area contributed by atoms with E-state index < -0.39 is 23.4 Å². The minimum atomic E-state index is -0.717. The zero-order chi connectivity index (χ0) is 19.2. The lowest BCUT2D eigenvalue weighted by Gasteiger charge is -2.29. The van der Waals surface area contributed by atoms with Crippen molar-refractivity contribution in [2.24, 2.45) is 0 Å². The molecular formula is C17H24N4O5. The SMILES string of the molecule is CC(C)(COC(=O)n1ccnc1)OCCC(C)(C)OC(=O)n1ccnc1. The molecule has 0 aromatic carbocycles. The van der Waals surface area contributed by atoms with E-state index in [1.54, 1.807) is 13.8 Å². The zero-order valence-corrected chi connectivity index (χ0v) is 15.4. The smallest absolute Gasteiger partial charge is 0.419 e. The van der Waals surface area contributed by atoms with Crippen LogP contribution in [0.5, 0.6) is 0 Å². The van der Waals surface area contributed by atoms with Gasteiger partial charge in [-0.05, 0) is 27.7 Å². The molecule has 0 aliphatic carbocycles. The summed E-state index contributed by atoms with van der Waals surface area (Å²) in [4.78, 5) is 31.4. The maximum absolute atomic E-state index is 12.0. The van der Waals surface area contributed by atoms with Gasteiger partial charge in [-0.2, -0.15) is 0 Å². The highest BCUT2D eigenvalue weighted by molar-refractivity contribution is 5.70. The van der Waals surface area contributed by atoms with Gasteiger partial charge >= 0.3 is 12.2 Å². The summed E-state index contributed by atoms with van der Waals surface area (Å²) in [5, 5.41) is 0. The molecule has 0 fully saturated rings. The van der Waals surface area contributed by atoms with E-state index in [9.17, 15) is 9.59 Å². The zero-order valence-electron chi connectivity index (χ0n) is 15.4. The number of nitrogens with zero attached hydrogens (tertiary/aromatic N) is 4. The highest BCUT2D eigenvalue weighted by Gasteiger charge is 2.27. The molecule has 0 N–H and O–H groups in total. The van der Waals surface area contributed by atoms with E-state index in [-0.39, 0.29) is 6.61 Å². The molecule has 0 saturated carbocycles. The van der Waals surface area contributed by atoms with Gasteiger partial charge in [0.05, 0.1) is 12.2 Å². The second-order valence-electron chi connectivity index (χ2n) is 6.98. The van der Waals surface area contributed by atoms with E-state index in [0.29, 0.717) is 13.0 Å². The molecule has 0 radical (unpaired) electrons. The van der Waals surface area contributed by atoms with Crippen LogP contribution >= 0.6 is 0 Å². The van der Waals surface area contributed by atoms with E-state index in [0.717, 1.165) is 0 Å². The second-order valence-corrected chi connectivity index (χ2v) is 6.98. The Morgan fingerprint density at radius 1 is 0.923 bits per heavy atom. The van der Waals surface area contributed by atoms with Crippen molar-refractivity contribution >= 4 is 12.2 Å². The third-order valence-electron chi connectivity index (χ3n) is 3.53. The maximum atomic E-state index is 12.0. The molecule has 0 aliphatic heterocycles. The maximum Gasteiger partial charge on any atom is 0.419 e. The molecule has 2 aromatic rings. The summed E-state index contributed by atoms with van der Waals surface area (Å²) in [5.74, 6) is 0. The number of carbonyl (C=O) groups excluding carboxylic acids is 2. The van der Waals surface area contributed by atoms with Crippen LogP contribution in [0.2, 0.25) is 0 Å². The first-order chi connectivity index (χ1) is 12.2. The number of hydrogen-bond acceptors (Lipinski definition) is 7. The number of carbonyl (C=O) groups is 2. The Morgan fingerprint density at radius 2 is 1.50 bits per heavy atom. The lowest BCUT2D eigenvalue weighted by atomic mass is 10.1. The fourth-order valence-corrected chi connectivity index (χ4v) is 2.00. The molecule has 2 rings (SSSR count).